The summed E-state index contributed by atoms with van der Waals surface area (Å²) in [7, 11) is 2.01. The van der Waals surface area contributed by atoms with E-state index in [1.54, 1.807) is 12.1 Å². The number of pyridine rings is 1. The third kappa shape index (κ3) is 5.01. The number of hydrogen-bond donors (Lipinski definition) is 2. The van der Waals surface area contributed by atoms with E-state index in [0.29, 0.717) is 24.7 Å². The highest BCUT2D eigenvalue weighted by atomic mass is 19.1. The summed E-state index contributed by atoms with van der Waals surface area (Å²) in [5, 5.41) is 13.2. The summed E-state index contributed by atoms with van der Waals surface area (Å²) in [5.41, 5.74) is 1.61. The van der Waals surface area contributed by atoms with Gasteiger partial charge in [-0.2, -0.15) is 0 Å². The van der Waals surface area contributed by atoms with Crippen LogP contribution >= 0.6 is 0 Å². The van der Waals surface area contributed by atoms with Crippen LogP contribution in [0.5, 0.6) is 0 Å². The van der Waals surface area contributed by atoms with Gasteiger partial charge < -0.3 is 15.3 Å². The molecule has 0 aliphatic carbocycles. The maximum Gasteiger partial charge on any atom is 0.128 e. The van der Waals surface area contributed by atoms with Crippen molar-refractivity contribution in [2.24, 2.45) is 0 Å². The molecule has 2 aromatic rings. The van der Waals surface area contributed by atoms with Crippen LogP contribution in [0.15, 0.2) is 42.6 Å². The summed E-state index contributed by atoms with van der Waals surface area (Å²) in [5.74, 6) is 0.596. The van der Waals surface area contributed by atoms with E-state index in [4.69, 9.17) is 0 Å². The van der Waals surface area contributed by atoms with Gasteiger partial charge in [0, 0.05) is 32.4 Å². The zero-order chi connectivity index (χ0) is 16.8. The van der Waals surface area contributed by atoms with Crippen LogP contribution in [-0.4, -0.2) is 29.7 Å². The van der Waals surface area contributed by atoms with Crippen LogP contribution in [0.2, 0.25) is 0 Å². The Morgan fingerprint density at radius 3 is 2.65 bits per heavy atom. The first-order chi connectivity index (χ1) is 11.0. The van der Waals surface area contributed by atoms with Crippen molar-refractivity contribution in [1.82, 2.24) is 10.3 Å². The van der Waals surface area contributed by atoms with Crippen molar-refractivity contribution >= 4 is 5.82 Å². The molecular weight excluding hydrogens is 293 g/mol. The van der Waals surface area contributed by atoms with Gasteiger partial charge in [-0.25, -0.2) is 9.37 Å². The van der Waals surface area contributed by atoms with Gasteiger partial charge in [0.25, 0.3) is 0 Å². The summed E-state index contributed by atoms with van der Waals surface area (Å²) >= 11 is 0. The zero-order valence-corrected chi connectivity index (χ0v) is 13.8. The van der Waals surface area contributed by atoms with Crippen molar-refractivity contribution in [2.45, 2.75) is 32.5 Å². The molecule has 1 atom stereocenters. The van der Waals surface area contributed by atoms with E-state index in [9.17, 15) is 9.50 Å². The molecule has 1 heterocycles. The third-order valence-electron chi connectivity index (χ3n) is 3.85. The summed E-state index contributed by atoms with van der Waals surface area (Å²) in [6.45, 7) is 5.19. The predicted molar refractivity (Wildman–Crippen MR) is 90.8 cm³/mol. The minimum atomic E-state index is -0.731. The van der Waals surface area contributed by atoms with Crippen LogP contribution in [0, 0.1) is 5.82 Å². The van der Waals surface area contributed by atoms with E-state index in [1.165, 1.54) is 12.1 Å². The minimum absolute atomic E-state index is 0.337. The Bertz CT molecular complexity index is 616. The van der Waals surface area contributed by atoms with Crippen molar-refractivity contribution in [2.75, 3.05) is 18.5 Å². The van der Waals surface area contributed by atoms with Crippen molar-refractivity contribution in [3.05, 3.63) is 59.5 Å². The van der Waals surface area contributed by atoms with Gasteiger partial charge in [0.2, 0.25) is 0 Å². The van der Waals surface area contributed by atoms with Gasteiger partial charge in [-0.1, -0.05) is 18.2 Å². The van der Waals surface area contributed by atoms with Gasteiger partial charge >= 0.3 is 0 Å². The largest absolute Gasteiger partial charge is 0.387 e. The Morgan fingerprint density at radius 2 is 2.04 bits per heavy atom. The molecule has 0 aliphatic rings. The molecule has 124 valence electrons. The van der Waals surface area contributed by atoms with Gasteiger partial charge in [-0.05, 0) is 43.2 Å². The highest BCUT2D eigenvalue weighted by molar-refractivity contribution is 5.39. The summed E-state index contributed by atoms with van der Waals surface area (Å²) in [6, 6.07) is 10.4. The molecule has 0 fully saturated rings. The van der Waals surface area contributed by atoms with Crippen LogP contribution in [0.1, 0.15) is 31.1 Å². The molecule has 2 N–H and O–H groups in total. The van der Waals surface area contributed by atoms with Crippen LogP contribution in [0.25, 0.3) is 0 Å². The lowest BCUT2D eigenvalue weighted by atomic mass is 10.1. The van der Waals surface area contributed by atoms with Crippen LogP contribution in [0.3, 0.4) is 0 Å². The monoisotopic (exact) mass is 317 g/mol. The summed E-state index contributed by atoms with van der Waals surface area (Å²) in [6.07, 6.45) is 1.10. The molecule has 5 heteroatoms. The maximum atomic E-state index is 13.1. The second-order valence-electron chi connectivity index (χ2n) is 5.93. The minimum Gasteiger partial charge on any atom is -0.387 e. The average Bonchev–Trinajstić information content (AvgIpc) is 2.54. The molecule has 0 bridgehead atoms. The Morgan fingerprint density at radius 1 is 1.26 bits per heavy atom. The second kappa shape index (κ2) is 8.04. The average molecular weight is 317 g/mol. The van der Waals surface area contributed by atoms with Crippen molar-refractivity contribution in [1.29, 1.82) is 0 Å². The summed E-state index contributed by atoms with van der Waals surface area (Å²) in [4.78, 5) is 6.54. The van der Waals surface area contributed by atoms with E-state index < -0.39 is 6.10 Å². The van der Waals surface area contributed by atoms with E-state index in [0.717, 1.165) is 11.4 Å². The topological polar surface area (TPSA) is 48.4 Å². The third-order valence-corrected chi connectivity index (χ3v) is 3.85. The molecule has 1 aromatic heterocycles. The lowest BCUT2D eigenvalue weighted by Gasteiger charge is -2.22. The molecule has 0 amide bonds. The lowest BCUT2D eigenvalue weighted by molar-refractivity contribution is 0.174. The van der Waals surface area contributed by atoms with Gasteiger partial charge in [0.05, 0.1) is 6.10 Å². The number of nitrogens with zero attached hydrogens (tertiary/aromatic N) is 2. The first-order valence-electron chi connectivity index (χ1n) is 7.79. The quantitative estimate of drug-likeness (QED) is 0.824. The SMILES string of the molecule is CC(C)N(C)c1ccc(CNC[C@@H](O)c2cccc(F)c2)cn1. The number of aliphatic hydroxyl groups excluding tert-OH is 1. The van der Waals surface area contributed by atoms with Gasteiger partial charge in [-0.15, -0.1) is 0 Å². The molecule has 0 spiro atoms. The number of benzene rings is 1. The standard InChI is InChI=1S/C18H24FN3O/c1-13(2)22(3)18-8-7-14(11-21-18)10-20-12-17(23)15-5-4-6-16(19)9-15/h4-9,11,13,17,20,23H,10,12H2,1-3H3/t17-/m1/s1. The van der Waals surface area contributed by atoms with E-state index in [1.807, 2.05) is 25.4 Å². The fourth-order valence-electron chi connectivity index (χ4n) is 2.18. The molecule has 0 radical (unpaired) electrons. The Hall–Kier alpha value is -1.98. The fourth-order valence-corrected chi connectivity index (χ4v) is 2.18. The number of hydrogen-bond acceptors (Lipinski definition) is 4. The molecule has 0 saturated carbocycles. The molecule has 0 unspecified atom stereocenters. The van der Waals surface area contributed by atoms with E-state index >= 15 is 0 Å². The Labute approximate surface area is 137 Å². The smallest absolute Gasteiger partial charge is 0.128 e. The number of aliphatic hydroxyl groups is 1. The predicted octanol–water partition coefficient (Wildman–Crippen LogP) is 2.89. The number of halogens is 1. The highest BCUT2D eigenvalue weighted by Crippen LogP contribution is 2.14. The highest BCUT2D eigenvalue weighted by Gasteiger charge is 2.09. The Kier molecular flexibility index (Phi) is 6.07. The van der Waals surface area contributed by atoms with E-state index in [2.05, 4.69) is 29.0 Å². The number of nitrogens with one attached hydrogen (secondary N) is 1. The molecule has 0 aliphatic heterocycles. The molecule has 4 nitrogen and oxygen atoms in total. The molecule has 23 heavy (non-hydrogen) atoms. The van der Waals surface area contributed by atoms with Crippen molar-refractivity contribution < 1.29 is 9.50 Å². The molecule has 0 saturated heterocycles. The van der Waals surface area contributed by atoms with Gasteiger partial charge in [-0.3, -0.25) is 0 Å². The van der Waals surface area contributed by atoms with Crippen molar-refractivity contribution in [3.63, 3.8) is 0 Å². The Balaban J connectivity index is 1.84. The molecule has 1 aromatic carbocycles. The van der Waals surface area contributed by atoms with Gasteiger partial charge in [0.15, 0.2) is 0 Å². The first kappa shape index (κ1) is 17.4. The molecular formula is C18H24FN3O. The normalized spacial score (nSPS) is 12.4. The number of rotatable bonds is 7. The number of anilines is 1. The van der Waals surface area contributed by atoms with Crippen molar-refractivity contribution in [3.8, 4) is 0 Å². The van der Waals surface area contributed by atoms with Crippen LogP contribution in [0.4, 0.5) is 10.2 Å². The fraction of sp³-hybridized carbons (Fsp3) is 0.389. The maximum absolute atomic E-state index is 13.1. The second-order valence-corrected chi connectivity index (χ2v) is 5.93. The van der Waals surface area contributed by atoms with E-state index in [-0.39, 0.29) is 5.82 Å². The first-order valence-corrected chi connectivity index (χ1v) is 7.79. The zero-order valence-electron chi connectivity index (χ0n) is 13.8. The molecule has 2 rings (SSSR count). The lowest BCUT2D eigenvalue weighted by Crippen LogP contribution is -2.26. The number of aromatic nitrogens is 1. The van der Waals surface area contributed by atoms with Crippen LogP contribution in [-0.2, 0) is 6.54 Å². The van der Waals surface area contributed by atoms with Gasteiger partial charge in [0.1, 0.15) is 11.6 Å². The summed E-state index contributed by atoms with van der Waals surface area (Å²) < 4.78 is 13.1. The van der Waals surface area contributed by atoms with Crippen LogP contribution < -0.4 is 10.2 Å².